The summed E-state index contributed by atoms with van der Waals surface area (Å²) < 4.78 is 17.8. The van der Waals surface area contributed by atoms with Crippen LogP contribution in [-0.4, -0.2) is 19.3 Å². The fraction of sp³-hybridized carbons (Fsp3) is 0.500. The number of hydrogen-bond acceptors (Lipinski definition) is 2. The second-order valence-electron chi connectivity index (χ2n) is 3.58. The second-order valence-corrected chi connectivity index (χ2v) is 3.58. The van der Waals surface area contributed by atoms with E-state index in [1.807, 2.05) is 6.92 Å². The van der Waals surface area contributed by atoms with Crippen molar-refractivity contribution in [1.82, 2.24) is 0 Å². The highest BCUT2D eigenvalue weighted by Crippen LogP contribution is 2.06. The molecule has 1 atom stereocenters. The molecule has 0 spiro atoms. The molecule has 3 heteroatoms. The van der Waals surface area contributed by atoms with E-state index < -0.39 is 0 Å². The minimum atomic E-state index is -0.207. The monoisotopic (exact) mass is 211 g/mol. The van der Waals surface area contributed by atoms with Gasteiger partial charge in [-0.05, 0) is 37.5 Å². The van der Waals surface area contributed by atoms with Crippen LogP contribution >= 0.6 is 0 Å². The van der Waals surface area contributed by atoms with Crippen molar-refractivity contribution in [2.24, 2.45) is 5.73 Å². The molecule has 0 saturated heterocycles. The first-order valence-corrected chi connectivity index (χ1v) is 5.30. The van der Waals surface area contributed by atoms with Gasteiger partial charge in [0, 0.05) is 19.3 Å². The van der Waals surface area contributed by atoms with Crippen LogP contribution in [-0.2, 0) is 11.2 Å². The molecular formula is C12H18FNO. The Bertz CT molecular complexity index is 273. The van der Waals surface area contributed by atoms with Gasteiger partial charge in [-0.15, -0.1) is 0 Å². The molecule has 2 N–H and O–H groups in total. The summed E-state index contributed by atoms with van der Waals surface area (Å²) in [6, 6.07) is 6.56. The van der Waals surface area contributed by atoms with Crippen LogP contribution in [0, 0.1) is 5.82 Å². The highest BCUT2D eigenvalue weighted by atomic mass is 19.1. The first-order valence-electron chi connectivity index (χ1n) is 5.30. The molecule has 0 aliphatic rings. The molecule has 0 aliphatic heterocycles. The molecule has 0 saturated carbocycles. The van der Waals surface area contributed by atoms with Crippen molar-refractivity contribution in [2.45, 2.75) is 25.8 Å². The quantitative estimate of drug-likeness (QED) is 0.731. The lowest BCUT2D eigenvalue weighted by molar-refractivity contribution is 0.140. The van der Waals surface area contributed by atoms with Crippen molar-refractivity contribution in [2.75, 3.05) is 13.2 Å². The minimum Gasteiger partial charge on any atom is -0.382 e. The highest BCUT2D eigenvalue weighted by molar-refractivity contribution is 5.16. The van der Waals surface area contributed by atoms with Crippen LogP contribution in [0.1, 0.15) is 18.9 Å². The standard InChI is InChI=1S/C12H18FNO/c1-2-15-8-7-12(14)9-10-3-5-11(13)6-4-10/h3-6,12H,2,7-9,14H2,1H3. The van der Waals surface area contributed by atoms with Gasteiger partial charge < -0.3 is 10.5 Å². The molecule has 1 aromatic rings. The van der Waals surface area contributed by atoms with Crippen LogP contribution in [0.2, 0.25) is 0 Å². The molecule has 1 unspecified atom stereocenters. The van der Waals surface area contributed by atoms with Crippen LogP contribution < -0.4 is 5.73 Å². The molecule has 0 aliphatic carbocycles. The van der Waals surface area contributed by atoms with E-state index in [9.17, 15) is 4.39 Å². The van der Waals surface area contributed by atoms with Gasteiger partial charge in [-0.1, -0.05) is 12.1 Å². The number of nitrogens with two attached hydrogens (primary N) is 1. The van der Waals surface area contributed by atoms with Crippen molar-refractivity contribution in [3.8, 4) is 0 Å². The molecule has 0 fully saturated rings. The number of benzene rings is 1. The summed E-state index contributed by atoms with van der Waals surface area (Å²) >= 11 is 0. The average molecular weight is 211 g/mol. The summed E-state index contributed by atoms with van der Waals surface area (Å²) in [4.78, 5) is 0. The molecule has 0 amide bonds. The van der Waals surface area contributed by atoms with E-state index in [0.717, 1.165) is 25.0 Å². The van der Waals surface area contributed by atoms with Crippen LogP contribution in [0.4, 0.5) is 4.39 Å². The molecular weight excluding hydrogens is 193 g/mol. The van der Waals surface area contributed by atoms with Gasteiger partial charge in [-0.2, -0.15) is 0 Å². The predicted molar refractivity (Wildman–Crippen MR) is 59.2 cm³/mol. The number of halogens is 1. The maximum absolute atomic E-state index is 12.6. The lowest BCUT2D eigenvalue weighted by Crippen LogP contribution is -2.24. The van der Waals surface area contributed by atoms with E-state index in [1.165, 1.54) is 12.1 Å². The van der Waals surface area contributed by atoms with Gasteiger partial charge in [0.1, 0.15) is 5.82 Å². The Morgan fingerprint density at radius 1 is 1.33 bits per heavy atom. The van der Waals surface area contributed by atoms with Gasteiger partial charge in [0.25, 0.3) is 0 Å². The topological polar surface area (TPSA) is 35.2 Å². The third-order valence-electron chi connectivity index (χ3n) is 2.25. The van der Waals surface area contributed by atoms with E-state index in [4.69, 9.17) is 10.5 Å². The van der Waals surface area contributed by atoms with E-state index >= 15 is 0 Å². The number of rotatable bonds is 6. The van der Waals surface area contributed by atoms with Crippen molar-refractivity contribution in [3.05, 3.63) is 35.6 Å². The summed E-state index contributed by atoms with van der Waals surface area (Å²) in [5.41, 5.74) is 6.98. The normalized spacial score (nSPS) is 12.7. The third-order valence-corrected chi connectivity index (χ3v) is 2.25. The van der Waals surface area contributed by atoms with Gasteiger partial charge in [0.2, 0.25) is 0 Å². The Labute approximate surface area is 90.2 Å². The zero-order valence-corrected chi connectivity index (χ0v) is 9.08. The Kier molecular flexibility index (Phi) is 5.29. The maximum atomic E-state index is 12.6. The molecule has 2 nitrogen and oxygen atoms in total. The number of ether oxygens (including phenoxy) is 1. The summed E-state index contributed by atoms with van der Waals surface area (Å²) in [5, 5.41) is 0. The van der Waals surface area contributed by atoms with Crippen molar-refractivity contribution in [1.29, 1.82) is 0 Å². The Hall–Kier alpha value is -0.930. The smallest absolute Gasteiger partial charge is 0.123 e. The van der Waals surface area contributed by atoms with Gasteiger partial charge in [-0.25, -0.2) is 4.39 Å². The average Bonchev–Trinajstić information content (AvgIpc) is 2.22. The lowest BCUT2D eigenvalue weighted by atomic mass is 10.0. The highest BCUT2D eigenvalue weighted by Gasteiger charge is 2.03. The van der Waals surface area contributed by atoms with E-state index in [1.54, 1.807) is 12.1 Å². The van der Waals surface area contributed by atoms with Crippen molar-refractivity contribution < 1.29 is 9.13 Å². The summed E-state index contributed by atoms with van der Waals surface area (Å²) in [5.74, 6) is -0.207. The fourth-order valence-corrected chi connectivity index (χ4v) is 1.40. The predicted octanol–water partition coefficient (Wildman–Crippen LogP) is 2.12. The van der Waals surface area contributed by atoms with E-state index in [-0.39, 0.29) is 11.9 Å². The molecule has 0 heterocycles. The zero-order valence-electron chi connectivity index (χ0n) is 9.08. The maximum Gasteiger partial charge on any atom is 0.123 e. The van der Waals surface area contributed by atoms with Gasteiger partial charge in [0.05, 0.1) is 0 Å². The Balaban J connectivity index is 2.31. The fourth-order valence-electron chi connectivity index (χ4n) is 1.40. The van der Waals surface area contributed by atoms with E-state index in [0.29, 0.717) is 6.61 Å². The molecule has 1 aromatic carbocycles. The van der Waals surface area contributed by atoms with Crippen LogP contribution in [0.25, 0.3) is 0 Å². The SMILES string of the molecule is CCOCCC(N)Cc1ccc(F)cc1. The zero-order chi connectivity index (χ0) is 11.1. The largest absolute Gasteiger partial charge is 0.382 e. The molecule has 84 valence electrons. The first kappa shape index (κ1) is 12.1. The molecule has 0 aromatic heterocycles. The summed E-state index contributed by atoms with van der Waals surface area (Å²) in [6.45, 7) is 3.38. The molecule has 0 radical (unpaired) electrons. The Morgan fingerprint density at radius 2 is 2.00 bits per heavy atom. The number of hydrogen-bond donors (Lipinski definition) is 1. The van der Waals surface area contributed by atoms with Gasteiger partial charge in [-0.3, -0.25) is 0 Å². The lowest BCUT2D eigenvalue weighted by Gasteiger charge is -2.11. The van der Waals surface area contributed by atoms with Crippen molar-refractivity contribution >= 4 is 0 Å². The first-order chi connectivity index (χ1) is 7.22. The second kappa shape index (κ2) is 6.53. The summed E-state index contributed by atoms with van der Waals surface area (Å²) in [6.07, 6.45) is 1.61. The van der Waals surface area contributed by atoms with Crippen LogP contribution in [0.3, 0.4) is 0 Å². The third kappa shape index (κ3) is 4.91. The van der Waals surface area contributed by atoms with E-state index in [2.05, 4.69) is 0 Å². The van der Waals surface area contributed by atoms with Crippen LogP contribution in [0.5, 0.6) is 0 Å². The van der Waals surface area contributed by atoms with Gasteiger partial charge in [0.15, 0.2) is 0 Å². The molecule has 0 bridgehead atoms. The summed E-state index contributed by atoms with van der Waals surface area (Å²) in [7, 11) is 0. The minimum absolute atomic E-state index is 0.0852. The van der Waals surface area contributed by atoms with Crippen molar-refractivity contribution in [3.63, 3.8) is 0 Å². The molecule has 15 heavy (non-hydrogen) atoms. The Morgan fingerprint density at radius 3 is 2.60 bits per heavy atom. The van der Waals surface area contributed by atoms with Crippen LogP contribution in [0.15, 0.2) is 24.3 Å². The molecule has 1 rings (SSSR count). The van der Waals surface area contributed by atoms with Gasteiger partial charge >= 0.3 is 0 Å².